The van der Waals surface area contributed by atoms with Crippen molar-refractivity contribution in [3.8, 4) is 11.3 Å². The number of pyridine rings is 1. The van der Waals surface area contributed by atoms with E-state index >= 15 is 0 Å². The van der Waals surface area contributed by atoms with Gasteiger partial charge in [0.1, 0.15) is 11.3 Å². The van der Waals surface area contributed by atoms with Crippen molar-refractivity contribution in [3.05, 3.63) is 58.6 Å². The first-order chi connectivity index (χ1) is 10.3. The fraction of sp³-hybridized carbons (Fsp3) is 0.188. The van der Waals surface area contributed by atoms with E-state index in [2.05, 4.69) is 17.1 Å². The molecule has 0 fully saturated rings. The van der Waals surface area contributed by atoms with Gasteiger partial charge < -0.3 is 5.11 Å². The molecule has 21 heavy (non-hydrogen) atoms. The molecule has 3 rings (SSSR count). The predicted octanol–water partition coefficient (Wildman–Crippen LogP) is 3.45. The number of aliphatic hydroxyl groups is 1. The molecule has 0 aliphatic carbocycles. The first-order valence-electron chi connectivity index (χ1n) is 6.81. The number of aryl methyl sites for hydroxylation is 1. The Morgan fingerprint density at radius 3 is 2.48 bits per heavy atom. The highest BCUT2D eigenvalue weighted by atomic mass is 16.3. The number of aliphatic hydroxyl groups excluding tert-OH is 1. The fourth-order valence-corrected chi connectivity index (χ4v) is 2.35. The molecular weight excluding hydrogens is 266 g/mol. The van der Waals surface area contributed by atoms with Gasteiger partial charge in [-0.2, -0.15) is 0 Å². The summed E-state index contributed by atoms with van der Waals surface area (Å²) in [5.74, 6) is 0.254. The first-order valence-corrected chi connectivity index (χ1v) is 6.81. The van der Waals surface area contributed by atoms with Crippen molar-refractivity contribution in [2.75, 3.05) is 0 Å². The molecule has 3 aromatic rings. The van der Waals surface area contributed by atoms with Crippen LogP contribution < -0.4 is 0 Å². The Kier molecular flexibility index (Phi) is 3.50. The molecule has 0 amide bonds. The molecule has 0 radical (unpaired) electrons. The van der Waals surface area contributed by atoms with Crippen molar-refractivity contribution in [2.24, 2.45) is 5.18 Å². The van der Waals surface area contributed by atoms with Crippen molar-refractivity contribution in [3.63, 3.8) is 0 Å². The highest BCUT2D eigenvalue weighted by Gasteiger charge is 2.15. The Morgan fingerprint density at radius 1 is 1.14 bits per heavy atom. The van der Waals surface area contributed by atoms with Crippen LogP contribution in [0.1, 0.15) is 18.1 Å². The number of fused-ring (bicyclic) bond motifs is 1. The Balaban J connectivity index is 2.19. The lowest BCUT2D eigenvalue weighted by atomic mass is 10.1. The number of nitroso groups, excluding NO2 is 1. The van der Waals surface area contributed by atoms with Gasteiger partial charge in [0.05, 0.1) is 6.61 Å². The van der Waals surface area contributed by atoms with Crippen LogP contribution in [-0.4, -0.2) is 14.5 Å². The van der Waals surface area contributed by atoms with Crippen LogP contribution in [0.4, 0.5) is 5.82 Å². The SMILES string of the molecule is CCc1ccc(-c2nc3ccc(CO)cn3c2N=O)cc1. The molecular formula is C16H15N3O2. The lowest BCUT2D eigenvalue weighted by Gasteiger charge is -2.00. The summed E-state index contributed by atoms with van der Waals surface area (Å²) in [5, 5.41) is 12.3. The van der Waals surface area contributed by atoms with Crippen molar-refractivity contribution in [1.82, 2.24) is 9.38 Å². The monoisotopic (exact) mass is 281 g/mol. The summed E-state index contributed by atoms with van der Waals surface area (Å²) >= 11 is 0. The number of rotatable bonds is 4. The van der Waals surface area contributed by atoms with Crippen molar-refractivity contribution >= 4 is 11.5 Å². The second kappa shape index (κ2) is 5.46. The minimum Gasteiger partial charge on any atom is -0.392 e. The fourth-order valence-electron chi connectivity index (χ4n) is 2.35. The Labute approximate surface area is 121 Å². The van der Waals surface area contributed by atoms with Gasteiger partial charge in [0.15, 0.2) is 0 Å². The van der Waals surface area contributed by atoms with E-state index < -0.39 is 0 Å². The third kappa shape index (κ3) is 2.32. The van der Waals surface area contributed by atoms with E-state index in [4.69, 9.17) is 0 Å². The van der Waals surface area contributed by atoms with Crippen LogP contribution in [0, 0.1) is 4.91 Å². The second-order valence-electron chi connectivity index (χ2n) is 4.85. The number of nitrogens with zero attached hydrogens (tertiary/aromatic N) is 3. The molecule has 2 aromatic heterocycles. The lowest BCUT2D eigenvalue weighted by Crippen LogP contribution is -1.89. The molecule has 0 saturated carbocycles. The average molecular weight is 281 g/mol. The highest BCUT2D eigenvalue weighted by Crippen LogP contribution is 2.31. The van der Waals surface area contributed by atoms with Crippen LogP contribution in [0.5, 0.6) is 0 Å². The molecule has 0 saturated heterocycles. The van der Waals surface area contributed by atoms with Crippen LogP contribution in [-0.2, 0) is 13.0 Å². The van der Waals surface area contributed by atoms with E-state index in [1.807, 2.05) is 24.3 Å². The number of hydrogen-bond donors (Lipinski definition) is 1. The lowest BCUT2D eigenvalue weighted by molar-refractivity contribution is 0.281. The molecule has 5 nitrogen and oxygen atoms in total. The smallest absolute Gasteiger partial charge is 0.209 e. The van der Waals surface area contributed by atoms with Crippen LogP contribution >= 0.6 is 0 Å². The number of benzene rings is 1. The molecule has 0 bridgehead atoms. The van der Waals surface area contributed by atoms with Crippen LogP contribution in [0.3, 0.4) is 0 Å². The first kappa shape index (κ1) is 13.5. The zero-order valence-corrected chi connectivity index (χ0v) is 11.7. The Hall–Kier alpha value is -2.53. The van der Waals surface area contributed by atoms with Crippen LogP contribution in [0.25, 0.3) is 16.9 Å². The van der Waals surface area contributed by atoms with Gasteiger partial charge in [-0.15, -0.1) is 4.91 Å². The van der Waals surface area contributed by atoms with Gasteiger partial charge in [-0.05, 0) is 28.8 Å². The van der Waals surface area contributed by atoms with Crippen molar-refractivity contribution in [1.29, 1.82) is 0 Å². The number of hydrogen-bond acceptors (Lipinski definition) is 4. The van der Waals surface area contributed by atoms with E-state index in [-0.39, 0.29) is 12.4 Å². The maximum atomic E-state index is 11.2. The van der Waals surface area contributed by atoms with E-state index in [0.29, 0.717) is 16.9 Å². The van der Waals surface area contributed by atoms with E-state index in [9.17, 15) is 10.0 Å². The number of aromatic nitrogens is 2. The minimum absolute atomic E-state index is 0.0903. The van der Waals surface area contributed by atoms with Crippen molar-refractivity contribution < 1.29 is 5.11 Å². The third-order valence-electron chi connectivity index (χ3n) is 3.56. The Bertz CT molecular complexity index is 791. The molecule has 0 aliphatic rings. The van der Waals surface area contributed by atoms with Gasteiger partial charge in [0.2, 0.25) is 5.82 Å². The summed E-state index contributed by atoms with van der Waals surface area (Å²) in [6, 6.07) is 11.5. The summed E-state index contributed by atoms with van der Waals surface area (Å²) in [4.78, 5) is 15.7. The standard InChI is InChI=1S/C16H15N3O2/c1-2-11-3-6-13(7-4-11)15-16(18-21)19-9-12(10-20)5-8-14(19)17-15/h3-9,20H,2,10H2,1H3. The van der Waals surface area contributed by atoms with Gasteiger partial charge >= 0.3 is 0 Å². The molecule has 0 spiro atoms. The second-order valence-corrected chi connectivity index (χ2v) is 4.85. The molecule has 0 atom stereocenters. The normalized spacial score (nSPS) is 11.0. The maximum Gasteiger partial charge on any atom is 0.209 e. The molecule has 1 N–H and O–H groups in total. The summed E-state index contributed by atoms with van der Waals surface area (Å²) in [6.07, 6.45) is 2.65. The zero-order chi connectivity index (χ0) is 14.8. The highest BCUT2D eigenvalue weighted by molar-refractivity contribution is 5.74. The van der Waals surface area contributed by atoms with E-state index in [1.165, 1.54) is 5.56 Å². The van der Waals surface area contributed by atoms with Crippen LogP contribution in [0.2, 0.25) is 0 Å². The van der Waals surface area contributed by atoms with Gasteiger partial charge in [0.25, 0.3) is 0 Å². The molecule has 1 aromatic carbocycles. The van der Waals surface area contributed by atoms with Gasteiger partial charge in [-0.1, -0.05) is 37.3 Å². The van der Waals surface area contributed by atoms with Gasteiger partial charge in [0, 0.05) is 11.8 Å². The molecule has 0 aliphatic heterocycles. The Morgan fingerprint density at radius 2 is 1.86 bits per heavy atom. The zero-order valence-electron chi connectivity index (χ0n) is 11.7. The van der Waals surface area contributed by atoms with Crippen LogP contribution in [0.15, 0.2) is 47.8 Å². The van der Waals surface area contributed by atoms with Crippen molar-refractivity contribution in [2.45, 2.75) is 20.0 Å². The van der Waals surface area contributed by atoms with Gasteiger partial charge in [-0.25, -0.2) is 4.98 Å². The third-order valence-corrected chi connectivity index (χ3v) is 3.56. The van der Waals surface area contributed by atoms with E-state index in [0.717, 1.165) is 12.0 Å². The summed E-state index contributed by atoms with van der Waals surface area (Å²) in [6.45, 7) is 2.00. The predicted molar refractivity (Wildman–Crippen MR) is 81.4 cm³/mol. The largest absolute Gasteiger partial charge is 0.392 e. The quantitative estimate of drug-likeness (QED) is 0.745. The average Bonchev–Trinajstić information content (AvgIpc) is 2.92. The molecule has 5 heteroatoms. The summed E-state index contributed by atoms with van der Waals surface area (Å²) in [5.41, 5.74) is 3.98. The molecule has 0 unspecified atom stereocenters. The molecule has 106 valence electrons. The molecule has 2 heterocycles. The topological polar surface area (TPSA) is 67.0 Å². The summed E-state index contributed by atoms with van der Waals surface area (Å²) < 4.78 is 1.61. The summed E-state index contributed by atoms with van der Waals surface area (Å²) in [7, 11) is 0. The number of imidazole rings is 1. The van der Waals surface area contributed by atoms with E-state index in [1.54, 1.807) is 22.7 Å². The maximum absolute atomic E-state index is 11.2. The van der Waals surface area contributed by atoms with Gasteiger partial charge in [-0.3, -0.25) is 4.40 Å². The minimum atomic E-state index is -0.0903.